The number of unbranched alkanes of at least 4 members (excludes halogenated alkanes) is 7. The topological polar surface area (TPSA) is 20.3 Å². The Balaban J connectivity index is 2.36. The number of carbonyl (C=O) groups is 1. The monoisotopic (exact) mass is 455 g/mol. The molecule has 0 aliphatic heterocycles. The van der Waals surface area contributed by atoms with E-state index in [0.717, 1.165) is 37.8 Å². The minimum absolute atomic E-state index is 0.217. The molecule has 0 radical (unpaired) electrons. The lowest BCUT2D eigenvalue weighted by atomic mass is 10.0. The summed E-state index contributed by atoms with van der Waals surface area (Å²) in [6.07, 6.45) is 14.5. The number of rotatable bonds is 14. The Labute approximate surface area is 168 Å². The molecule has 0 saturated heterocycles. The minimum atomic E-state index is 0.217. The second kappa shape index (κ2) is 14.3. The maximum Gasteiger partial charge on any atom is 0.226 e. The summed E-state index contributed by atoms with van der Waals surface area (Å²) in [5.41, 5.74) is 2.37. The Morgan fingerprint density at radius 1 is 1.08 bits per heavy atom. The van der Waals surface area contributed by atoms with Crippen molar-refractivity contribution in [3.63, 3.8) is 0 Å². The van der Waals surface area contributed by atoms with Crippen molar-refractivity contribution < 1.29 is 4.79 Å². The molecule has 0 fully saturated rings. The normalized spacial score (nSPS) is 10.6. The van der Waals surface area contributed by atoms with Gasteiger partial charge in [0.2, 0.25) is 5.91 Å². The number of amides is 1. The van der Waals surface area contributed by atoms with Gasteiger partial charge in [0.05, 0.1) is 0 Å². The van der Waals surface area contributed by atoms with Gasteiger partial charge >= 0.3 is 0 Å². The first kappa shape index (κ1) is 22.2. The van der Waals surface area contributed by atoms with Gasteiger partial charge in [0.1, 0.15) is 0 Å². The molecule has 1 aromatic rings. The Morgan fingerprint density at radius 3 is 2.56 bits per heavy atom. The van der Waals surface area contributed by atoms with Crippen molar-refractivity contribution in [2.45, 2.75) is 70.6 Å². The van der Waals surface area contributed by atoms with E-state index in [1.165, 1.54) is 42.1 Å². The van der Waals surface area contributed by atoms with E-state index in [1.807, 2.05) is 24.1 Å². The zero-order valence-electron chi connectivity index (χ0n) is 15.8. The van der Waals surface area contributed by atoms with E-state index in [1.54, 1.807) is 0 Å². The number of allylic oxidation sites excluding steroid dienone is 1. The molecule has 140 valence electrons. The third kappa shape index (κ3) is 10.0. The Bertz CT molecular complexity index is 501. The SMILES string of the molecule is C=CCCCCCC(=O)N(C)c1cccc(CCCCCCCI)c1. The standard InChI is InChI=1S/C22H34INO/c1-3-4-5-7-11-17-22(25)24(2)21-16-13-15-20(19-21)14-10-8-6-9-12-18-23/h3,13,15-16,19H,1,4-12,14,17-18H2,2H3. The van der Waals surface area contributed by atoms with Gasteiger partial charge in [-0.2, -0.15) is 0 Å². The van der Waals surface area contributed by atoms with Crippen LogP contribution in [0.2, 0.25) is 0 Å². The molecular formula is C22H34INO. The van der Waals surface area contributed by atoms with Gasteiger partial charge in [0.25, 0.3) is 0 Å². The van der Waals surface area contributed by atoms with Gasteiger partial charge in [-0.3, -0.25) is 4.79 Å². The molecule has 0 atom stereocenters. The van der Waals surface area contributed by atoms with Gasteiger partial charge in [0.15, 0.2) is 0 Å². The molecule has 3 heteroatoms. The molecule has 1 rings (SSSR count). The maximum absolute atomic E-state index is 12.4. The van der Waals surface area contributed by atoms with E-state index >= 15 is 0 Å². The predicted molar refractivity (Wildman–Crippen MR) is 119 cm³/mol. The van der Waals surface area contributed by atoms with E-state index in [9.17, 15) is 4.79 Å². The summed E-state index contributed by atoms with van der Waals surface area (Å²) in [6, 6.07) is 8.48. The largest absolute Gasteiger partial charge is 0.315 e. The fraction of sp³-hybridized carbons (Fsp3) is 0.591. The van der Waals surface area contributed by atoms with Gasteiger partial charge in [-0.1, -0.05) is 66.5 Å². The van der Waals surface area contributed by atoms with Crippen molar-refractivity contribution in [1.82, 2.24) is 0 Å². The van der Waals surface area contributed by atoms with Crippen molar-refractivity contribution in [2.75, 3.05) is 16.4 Å². The summed E-state index contributed by atoms with van der Waals surface area (Å²) in [5.74, 6) is 0.217. The Kier molecular flexibility index (Phi) is 12.7. The highest BCUT2D eigenvalue weighted by Crippen LogP contribution is 2.19. The van der Waals surface area contributed by atoms with E-state index in [-0.39, 0.29) is 5.91 Å². The van der Waals surface area contributed by atoms with Crippen LogP contribution in [0, 0.1) is 0 Å². The lowest BCUT2D eigenvalue weighted by Gasteiger charge is -2.18. The molecule has 0 saturated carbocycles. The van der Waals surface area contributed by atoms with Crippen LogP contribution < -0.4 is 4.90 Å². The Hall–Kier alpha value is -0.840. The average Bonchev–Trinajstić information content (AvgIpc) is 2.64. The zero-order chi connectivity index (χ0) is 18.3. The number of benzene rings is 1. The highest BCUT2D eigenvalue weighted by atomic mass is 127. The zero-order valence-corrected chi connectivity index (χ0v) is 18.0. The van der Waals surface area contributed by atoms with Crippen molar-refractivity contribution >= 4 is 34.2 Å². The quantitative estimate of drug-likeness (QED) is 0.132. The van der Waals surface area contributed by atoms with Crippen LogP contribution in [0.15, 0.2) is 36.9 Å². The van der Waals surface area contributed by atoms with Crippen LogP contribution in [0.5, 0.6) is 0 Å². The summed E-state index contributed by atoms with van der Waals surface area (Å²) >= 11 is 2.45. The highest BCUT2D eigenvalue weighted by Gasteiger charge is 2.10. The molecule has 0 heterocycles. The van der Waals surface area contributed by atoms with Crippen LogP contribution in [0.3, 0.4) is 0 Å². The highest BCUT2D eigenvalue weighted by molar-refractivity contribution is 14.1. The maximum atomic E-state index is 12.4. The first-order valence-electron chi connectivity index (χ1n) is 9.71. The summed E-state index contributed by atoms with van der Waals surface area (Å²) in [6.45, 7) is 3.73. The van der Waals surface area contributed by atoms with Gasteiger partial charge in [0, 0.05) is 19.2 Å². The van der Waals surface area contributed by atoms with Gasteiger partial charge in [-0.05, 0) is 60.6 Å². The molecule has 0 N–H and O–H groups in total. The number of hydrogen-bond acceptors (Lipinski definition) is 1. The molecule has 25 heavy (non-hydrogen) atoms. The lowest BCUT2D eigenvalue weighted by Crippen LogP contribution is -2.25. The number of hydrogen-bond donors (Lipinski definition) is 0. The number of alkyl halides is 1. The number of aryl methyl sites for hydroxylation is 1. The molecule has 1 aromatic carbocycles. The first-order chi connectivity index (χ1) is 12.2. The third-order valence-electron chi connectivity index (χ3n) is 4.57. The first-order valence-corrected chi connectivity index (χ1v) is 11.2. The molecule has 2 nitrogen and oxygen atoms in total. The van der Waals surface area contributed by atoms with E-state index in [4.69, 9.17) is 0 Å². The van der Waals surface area contributed by atoms with Crippen LogP contribution >= 0.6 is 22.6 Å². The van der Waals surface area contributed by atoms with Crippen molar-refractivity contribution in [3.8, 4) is 0 Å². The Morgan fingerprint density at radius 2 is 1.80 bits per heavy atom. The van der Waals surface area contributed by atoms with E-state index in [0.29, 0.717) is 6.42 Å². The number of carbonyl (C=O) groups excluding carboxylic acids is 1. The molecule has 0 aromatic heterocycles. The summed E-state index contributed by atoms with van der Waals surface area (Å²) < 4.78 is 1.27. The fourth-order valence-electron chi connectivity index (χ4n) is 2.93. The van der Waals surface area contributed by atoms with Gasteiger partial charge in [-0.15, -0.1) is 6.58 Å². The van der Waals surface area contributed by atoms with Crippen molar-refractivity contribution in [1.29, 1.82) is 0 Å². The smallest absolute Gasteiger partial charge is 0.226 e. The second-order valence-electron chi connectivity index (χ2n) is 6.72. The molecule has 1 amide bonds. The number of anilines is 1. The van der Waals surface area contributed by atoms with Crippen LogP contribution in [-0.2, 0) is 11.2 Å². The molecule has 0 aliphatic carbocycles. The molecular weight excluding hydrogens is 421 g/mol. The molecule has 0 spiro atoms. The summed E-state index contributed by atoms with van der Waals surface area (Å²) in [5, 5.41) is 0. The third-order valence-corrected chi connectivity index (χ3v) is 5.33. The van der Waals surface area contributed by atoms with Gasteiger partial charge in [-0.25, -0.2) is 0 Å². The molecule has 0 bridgehead atoms. The van der Waals surface area contributed by atoms with Gasteiger partial charge < -0.3 is 4.90 Å². The second-order valence-corrected chi connectivity index (χ2v) is 7.80. The van der Waals surface area contributed by atoms with Crippen LogP contribution in [0.1, 0.15) is 69.8 Å². The number of nitrogens with zero attached hydrogens (tertiary/aromatic N) is 1. The predicted octanol–water partition coefficient (Wildman–Crippen LogP) is 6.71. The molecule has 0 aliphatic rings. The fourth-order valence-corrected chi connectivity index (χ4v) is 3.47. The van der Waals surface area contributed by atoms with Crippen LogP contribution in [-0.4, -0.2) is 17.4 Å². The lowest BCUT2D eigenvalue weighted by molar-refractivity contribution is -0.118. The number of halogens is 1. The average molecular weight is 455 g/mol. The van der Waals surface area contributed by atoms with Crippen LogP contribution in [0.4, 0.5) is 5.69 Å². The van der Waals surface area contributed by atoms with Crippen molar-refractivity contribution in [3.05, 3.63) is 42.5 Å². The van der Waals surface area contributed by atoms with Crippen molar-refractivity contribution in [2.24, 2.45) is 0 Å². The summed E-state index contributed by atoms with van der Waals surface area (Å²) in [4.78, 5) is 14.2. The van der Waals surface area contributed by atoms with E-state index < -0.39 is 0 Å². The van der Waals surface area contributed by atoms with E-state index in [2.05, 4.69) is 47.4 Å². The van der Waals surface area contributed by atoms with Crippen LogP contribution in [0.25, 0.3) is 0 Å². The minimum Gasteiger partial charge on any atom is -0.315 e. The molecule has 0 unspecified atom stereocenters. The summed E-state index contributed by atoms with van der Waals surface area (Å²) in [7, 11) is 1.90.